The van der Waals surface area contributed by atoms with Crippen molar-refractivity contribution in [2.75, 3.05) is 18.4 Å². The molecule has 0 unspecified atom stereocenters. The van der Waals surface area contributed by atoms with Crippen LogP contribution in [0.4, 0.5) is 5.69 Å². The molecule has 1 N–H and O–H groups in total. The molecule has 0 atom stereocenters. The van der Waals surface area contributed by atoms with E-state index in [9.17, 15) is 9.59 Å². The van der Waals surface area contributed by atoms with Crippen molar-refractivity contribution in [3.8, 4) is 0 Å². The van der Waals surface area contributed by atoms with Crippen molar-refractivity contribution >= 4 is 17.5 Å². The second kappa shape index (κ2) is 7.28. The highest BCUT2D eigenvalue weighted by Gasteiger charge is 2.20. The maximum absolute atomic E-state index is 12.0. The second-order valence-corrected chi connectivity index (χ2v) is 4.56. The number of carbonyl (C=O) groups is 2. The summed E-state index contributed by atoms with van der Waals surface area (Å²) in [7, 11) is 0. The molecule has 2 amide bonds. The number of hydrogen-bond donors (Lipinski definition) is 1. The lowest BCUT2D eigenvalue weighted by atomic mass is 10.1. The third kappa shape index (κ3) is 4.09. The van der Waals surface area contributed by atoms with Crippen LogP contribution in [0.3, 0.4) is 0 Å². The van der Waals surface area contributed by atoms with Gasteiger partial charge in [-0.05, 0) is 25.5 Å². The smallest absolute Gasteiger partial charge is 0.313 e. The van der Waals surface area contributed by atoms with Gasteiger partial charge in [0.25, 0.3) is 0 Å². The molecule has 0 bridgehead atoms. The third-order valence-corrected chi connectivity index (χ3v) is 2.81. The average molecular weight is 272 g/mol. The molecule has 0 aliphatic heterocycles. The van der Waals surface area contributed by atoms with Crippen LogP contribution in [0, 0.1) is 13.8 Å². The fraction of sp³-hybridized carbons (Fsp3) is 0.250. The number of rotatable bonds is 5. The molecule has 0 fully saturated rings. The van der Waals surface area contributed by atoms with Gasteiger partial charge in [-0.1, -0.05) is 29.8 Å². The summed E-state index contributed by atoms with van der Waals surface area (Å²) in [6.45, 7) is 11.6. The molecule has 0 saturated carbocycles. The maximum Gasteiger partial charge on any atom is 0.313 e. The number of amides is 2. The van der Waals surface area contributed by atoms with Crippen LogP contribution in [-0.4, -0.2) is 29.8 Å². The number of anilines is 1. The van der Waals surface area contributed by atoms with Crippen LogP contribution in [0.5, 0.6) is 0 Å². The van der Waals surface area contributed by atoms with Crippen molar-refractivity contribution in [2.24, 2.45) is 0 Å². The Bertz CT molecular complexity index is 525. The Morgan fingerprint density at radius 2 is 1.80 bits per heavy atom. The van der Waals surface area contributed by atoms with Crippen LogP contribution in [-0.2, 0) is 9.59 Å². The van der Waals surface area contributed by atoms with E-state index in [-0.39, 0.29) is 0 Å². The number of benzene rings is 1. The zero-order valence-electron chi connectivity index (χ0n) is 12.0. The predicted octanol–water partition coefficient (Wildman–Crippen LogP) is 2.44. The van der Waals surface area contributed by atoms with E-state index in [4.69, 9.17) is 0 Å². The highest BCUT2D eigenvalue weighted by Crippen LogP contribution is 2.16. The molecule has 0 heterocycles. The molecule has 0 saturated heterocycles. The van der Waals surface area contributed by atoms with E-state index < -0.39 is 11.8 Å². The van der Waals surface area contributed by atoms with Crippen LogP contribution < -0.4 is 5.32 Å². The monoisotopic (exact) mass is 272 g/mol. The molecule has 0 spiro atoms. The Balaban J connectivity index is 2.80. The largest absolute Gasteiger partial charge is 0.327 e. The van der Waals surface area contributed by atoms with Gasteiger partial charge in [0, 0.05) is 18.8 Å². The molecule has 20 heavy (non-hydrogen) atoms. The Morgan fingerprint density at radius 1 is 1.20 bits per heavy atom. The van der Waals surface area contributed by atoms with E-state index in [0.717, 1.165) is 11.1 Å². The van der Waals surface area contributed by atoms with Gasteiger partial charge in [-0.15, -0.1) is 13.2 Å². The van der Waals surface area contributed by atoms with Gasteiger partial charge in [-0.25, -0.2) is 0 Å². The first-order valence-electron chi connectivity index (χ1n) is 6.39. The van der Waals surface area contributed by atoms with Crippen molar-refractivity contribution in [1.82, 2.24) is 4.90 Å². The molecule has 4 nitrogen and oxygen atoms in total. The summed E-state index contributed by atoms with van der Waals surface area (Å²) in [6.07, 6.45) is 3.15. The lowest BCUT2D eigenvalue weighted by Gasteiger charge is -2.18. The summed E-state index contributed by atoms with van der Waals surface area (Å²) in [4.78, 5) is 25.4. The van der Waals surface area contributed by atoms with Crippen LogP contribution in [0.1, 0.15) is 11.1 Å². The number of aryl methyl sites for hydroxylation is 2. The molecule has 0 aromatic heterocycles. The summed E-state index contributed by atoms with van der Waals surface area (Å²) >= 11 is 0. The first kappa shape index (κ1) is 15.7. The minimum absolute atomic E-state index is 0.311. The van der Waals surface area contributed by atoms with Gasteiger partial charge < -0.3 is 10.2 Å². The summed E-state index contributed by atoms with van der Waals surface area (Å²) < 4.78 is 0. The van der Waals surface area contributed by atoms with Crippen LogP contribution in [0.15, 0.2) is 43.5 Å². The van der Waals surface area contributed by atoms with Crippen LogP contribution in [0.2, 0.25) is 0 Å². The van der Waals surface area contributed by atoms with E-state index in [1.165, 1.54) is 4.90 Å². The molecule has 4 heteroatoms. The van der Waals surface area contributed by atoms with Crippen molar-refractivity contribution in [3.63, 3.8) is 0 Å². The lowest BCUT2D eigenvalue weighted by Crippen LogP contribution is -2.40. The van der Waals surface area contributed by atoms with E-state index in [1.807, 2.05) is 26.0 Å². The van der Waals surface area contributed by atoms with Crippen molar-refractivity contribution in [3.05, 3.63) is 54.6 Å². The molecular weight excluding hydrogens is 252 g/mol. The van der Waals surface area contributed by atoms with Gasteiger partial charge in [-0.2, -0.15) is 0 Å². The molecular formula is C16H20N2O2. The van der Waals surface area contributed by atoms with Gasteiger partial charge in [0.05, 0.1) is 0 Å². The maximum atomic E-state index is 12.0. The molecule has 1 rings (SSSR count). The molecule has 0 aliphatic rings. The zero-order valence-corrected chi connectivity index (χ0v) is 12.0. The van der Waals surface area contributed by atoms with Gasteiger partial charge in [0.1, 0.15) is 0 Å². The minimum Gasteiger partial charge on any atom is -0.327 e. The van der Waals surface area contributed by atoms with Gasteiger partial charge in [-0.3, -0.25) is 9.59 Å². The van der Waals surface area contributed by atoms with Crippen molar-refractivity contribution in [2.45, 2.75) is 13.8 Å². The van der Waals surface area contributed by atoms with E-state index in [1.54, 1.807) is 18.2 Å². The van der Waals surface area contributed by atoms with Crippen molar-refractivity contribution in [1.29, 1.82) is 0 Å². The van der Waals surface area contributed by atoms with Crippen molar-refractivity contribution < 1.29 is 9.59 Å². The summed E-state index contributed by atoms with van der Waals surface area (Å²) in [5.41, 5.74) is 2.67. The summed E-state index contributed by atoms with van der Waals surface area (Å²) in [6, 6.07) is 5.63. The summed E-state index contributed by atoms with van der Waals surface area (Å²) in [5, 5.41) is 2.64. The fourth-order valence-electron chi connectivity index (χ4n) is 1.83. The standard InChI is InChI=1S/C16H20N2O2/c1-5-9-18(10-6-2)16(20)15(19)17-14-8-7-12(3)11-13(14)4/h5-8,11H,1-2,9-10H2,3-4H3,(H,17,19). The average Bonchev–Trinajstić information content (AvgIpc) is 2.40. The Hall–Kier alpha value is -2.36. The Kier molecular flexibility index (Phi) is 5.72. The van der Waals surface area contributed by atoms with E-state index in [2.05, 4.69) is 18.5 Å². The van der Waals surface area contributed by atoms with Gasteiger partial charge >= 0.3 is 11.8 Å². The predicted molar refractivity (Wildman–Crippen MR) is 81.5 cm³/mol. The molecule has 1 aromatic rings. The van der Waals surface area contributed by atoms with E-state index >= 15 is 0 Å². The molecule has 0 radical (unpaired) electrons. The Labute approximate surface area is 119 Å². The Morgan fingerprint density at radius 3 is 2.30 bits per heavy atom. The normalized spacial score (nSPS) is 9.70. The highest BCUT2D eigenvalue weighted by atomic mass is 16.2. The zero-order chi connectivity index (χ0) is 15.1. The third-order valence-electron chi connectivity index (χ3n) is 2.81. The number of hydrogen-bond acceptors (Lipinski definition) is 2. The van der Waals surface area contributed by atoms with E-state index in [0.29, 0.717) is 18.8 Å². The fourth-order valence-corrected chi connectivity index (χ4v) is 1.83. The second-order valence-electron chi connectivity index (χ2n) is 4.56. The van der Waals surface area contributed by atoms with Gasteiger partial charge in [0.2, 0.25) is 0 Å². The first-order chi connectivity index (χ1) is 9.49. The molecule has 1 aromatic carbocycles. The lowest BCUT2D eigenvalue weighted by molar-refractivity contribution is -0.142. The van der Waals surface area contributed by atoms with Gasteiger partial charge in [0.15, 0.2) is 0 Å². The van der Waals surface area contributed by atoms with Crippen LogP contribution >= 0.6 is 0 Å². The number of carbonyl (C=O) groups excluding carboxylic acids is 2. The van der Waals surface area contributed by atoms with Crippen LogP contribution in [0.25, 0.3) is 0 Å². The SMILES string of the molecule is C=CCN(CC=C)C(=O)C(=O)Nc1ccc(C)cc1C. The molecule has 0 aliphatic carbocycles. The quantitative estimate of drug-likeness (QED) is 0.661. The highest BCUT2D eigenvalue weighted by molar-refractivity contribution is 6.39. The topological polar surface area (TPSA) is 49.4 Å². The minimum atomic E-state index is -0.652. The number of nitrogens with one attached hydrogen (secondary N) is 1. The summed E-state index contributed by atoms with van der Waals surface area (Å²) in [5.74, 6) is -1.24. The molecule has 106 valence electrons. The first-order valence-corrected chi connectivity index (χ1v) is 6.39. The number of nitrogens with zero attached hydrogens (tertiary/aromatic N) is 1.